The Labute approximate surface area is 123 Å². The van der Waals surface area contributed by atoms with Crippen molar-refractivity contribution in [2.75, 3.05) is 45.8 Å². The van der Waals surface area contributed by atoms with Gasteiger partial charge < -0.3 is 20.4 Å². The summed E-state index contributed by atoms with van der Waals surface area (Å²) in [4.78, 5) is 16.0. The molecule has 2 saturated heterocycles. The molecule has 116 valence electrons. The second-order valence-corrected chi connectivity index (χ2v) is 6.16. The van der Waals surface area contributed by atoms with Crippen LogP contribution in [0.3, 0.4) is 0 Å². The molecule has 0 spiro atoms. The Bertz CT molecular complexity index is 310. The van der Waals surface area contributed by atoms with Crippen LogP contribution in [0.4, 0.5) is 4.79 Å². The smallest absolute Gasteiger partial charge is 0.317 e. The topological polar surface area (TPSA) is 47.6 Å². The van der Waals surface area contributed by atoms with Gasteiger partial charge in [0.25, 0.3) is 0 Å². The Balaban J connectivity index is 1.71. The second kappa shape index (κ2) is 7.84. The molecular formula is C15H30N4O. The zero-order chi connectivity index (χ0) is 14.4. The minimum absolute atomic E-state index is 0.108. The maximum Gasteiger partial charge on any atom is 0.317 e. The Hall–Kier alpha value is -0.810. The predicted octanol–water partition coefficient (Wildman–Crippen LogP) is 1.11. The van der Waals surface area contributed by atoms with Gasteiger partial charge >= 0.3 is 6.03 Å². The Kier molecular flexibility index (Phi) is 6.10. The summed E-state index contributed by atoms with van der Waals surface area (Å²) < 4.78 is 0. The molecule has 5 heteroatoms. The van der Waals surface area contributed by atoms with Crippen molar-refractivity contribution in [1.82, 2.24) is 20.4 Å². The molecule has 2 aliphatic rings. The zero-order valence-corrected chi connectivity index (χ0v) is 13.0. The van der Waals surface area contributed by atoms with Crippen molar-refractivity contribution in [3.05, 3.63) is 0 Å². The first-order valence-corrected chi connectivity index (χ1v) is 8.19. The van der Waals surface area contributed by atoms with E-state index in [0.29, 0.717) is 6.04 Å². The van der Waals surface area contributed by atoms with Crippen LogP contribution in [-0.4, -0.2) is 67.7 Å². The van der Waals surface area contributed by atoms with Gasteiger partial charge in [0.15, 0.2) is 0 Å². The quantitative estimate of drug-likeness (QED) is 0.735. The highest BCUT2D eigenvalue weighted by molar-refractivity contribution is 5.76. The molecule has 0 aromatic heterocycles. The van der Waals surface area contributed by atoms with Gasteiger partial charge in [-0.1, -0.05) is 6.92 Å². The average Bonchev–Trinajstić information content (AvgIpc) is 2.88. The van der Waals surface area contributed by atoms with E-state index >= 15 is 0 Å². The summed E-state index contributed by atoms with van der Waals surface area (Å²) in [6, 6.07) is 0.712. The van der Waals surface area contributed by atoms with Crippen LogP contribution in [0.5, 0.6) is 0 Å². The van der Waals surface area contributed by atoms with Crippen LogP contribution in [0.1, 0.15) is 33.1 Å². The summed E-state index contributed by atoms with van der Waals surface area (Å²) in [5.41, 5.74) is 0. The Morgan fingerprint density at radius 3 is 2.95 bits per heavy atom. The normalized spacial score (nSPS) is 25.8. The molecule has 5 nitrogen and oxygen atoms in total. The van der Waals surface area contributed by atoms with Crippen molar-refractivity contribution in [2.24, 2.45) is 5.92 Å². The highest BCUT2D eigenvalue weighted by Crippen LogP contribution is 2.19. The van der Waals surface area contributed by atoms with Gasteiger partial charge in [-0.25, -0.2) is 4.79 Å². The molecule has 2 unspecified atom stereocenters. The number of rotatable bonds is 7. The fourth-order valence-corrected chi connectivity index (χ4v) is 3.23. The lowest BCUT2D eigenvalue weighted by Crippen LogP contribution is -2.46. The fraction of sp³-hybridized carbons (Fsp3) is 0.933. The summed E-state index contributed by atoms with van der Waals surface area (Å²) in [7, 11) is 0. The SMILES string of the molecule is CCCNC(C)C1CCCN(CCN2CCNC2=O)C1. The molecule has 2 N–H and O–H groups in total. The van der Waals surface area contributed by atoms with Crippen molar-refractivity contribution in [1.29, 1.82) is 0 Å². The number of nitrogens with zero attached hydrogens (tertiary/aromatic N) is 2. The monoisotopic (exact) mass is 282 g/mol. The third-order valence-corrected chi connectivity index (χ3v) is 4.60. The molecule has 2 fully saturated rings. The van der Waals surface area contributed by atoms with E-state index in [1.165, 1.54) is 32.4 Å². The number of piperidine rings is 1. The van der Waals surface area contributed by atoms with Gasteiger partial charge in [-0.15, -0.1) is 0 Å². The number of hydrogen-bond acceptors (Lipinski definition) is 3. The first-order valence-electron chi connectivity index (χ1n) is 8.19. The third-order valence-electron chi connectivity index (χ3n) is 4.60. The maximum atomic E-state index is 11.5. The number of likely N-dealkylation sites (tertiary alicyclic amines) is 1. The molecule has 0 bridgehead atoms. The van der Waals surface area contributed by atoms with Crippen LogP contribution in [0.2, 0.25) is 0 Å². The molecule has 2 heterocycles. The lowest BCUT2D eigenvalue weighted by atomic mass is 9.91. The molecule has 0 radical (unpaired) electrons. The van der Waals surface area contributed by atoms with Crippen LogP contribution in [-0.2, 0) is 0 Å². The molecule has 2 atom stereocenters. The molecule has 0 aromatic rings. The van der Waals surface area contributed by atoms with E-state index in [1.807, 2.05) is 4.90 Å². The zero-order valence-electron chi connectivity index (χ0n) is 13.0. The number of hydrogen-bond donors (Lipinski definition) is 2. The van der Waals surface area contributed by atoms with Crippen LogP contribution < -0.4 is 10.6 Å². The summed E-state index contributed by atoms with van der Waals surface area (Å²) >= 11 is 0. The number of amides is 2. The predicted molar refractivity (Wildman–Crippen MR) is 81.9 cm³/mol. The summed E-state index contributed by atoms with van der Waals surface area (Å²) in [5.74, 6) is 0.753. The molecule has 0 aromatic carbocycles. The van der Waals surface area contributed by atoms with E-state index < -0.39 is 0 Å². The van der Waals surface area contributed by atoms with Gasteiger partial charge in [-0.3, -0.25) is 0 Å². The van der Waals surface area contributed by atoms with Crippen LogP contribution in [0.15, 0.2) is 0 Å². The van der Waals surface area contributed by atoms with Crippen molar-refractivity contribution in [2.45, 2.75) is 39.2 Å². The van der Waals surface area contributed by atoms with Crippen molar-refractivity contribution < 1.29 is 4.79 Å². The minimum Gasteiger partial charge on any atom is -0.336 e. The minimum atomic E-state index is 0.108. The lowest BCUT2D eigenvalue weighted by Gasteiger charge is -2.36. The largest absolute Gasteiger partial charge is 0.336 e. The van der Waals surface area contributed by atoms with Gasteiger partial charge in [0.05, 0.1) is 0 Å². The van der Waals surface area contributed by atoms with Gasteiger partial charge in [-0.2, -0.15) is 0 Å². The van der Waals surface area contributed by atoms with Gasteiger partial charge in [0.1, 0.15) is 0 Å². The first kappa shape index (κ1) is 15.6. The number of carbonyl (C=O) groups excluding carboxylic acids is 1. The average molecular weight is 282 g/mol. The molecule has 2 rings (SSSR count). The second-order valence-electron chi connectivity index (χ2n) is 6.16. The Morgan fingerprint density at radius 2 is 2.25 bits per heavy atom. The molecule has 2 aliphatic heterocycles. The number of nitrogens with one attached hydrogen (secondary N) is 2. The van der Waals surface area contributed by atoms with Crippen molar-refractivity contribution >= 4 is 6.03 Å². The maximum absolute atomic E-state index is 11.5. The van der Waals surface area contributed by atoms with E-state index in [2.05, 4.69) is 29.4 Å². The van der Waals surface area contributed by atoms with Crippen molar-refractivity contribution in [3.63, 3.8) is 0 Å². The molecule has 0 saturated carbocycles. The van der Waals surface area contributed by atoms with Crippen molar-refractivity contribution in [3.8, 4) is 0 Å². The number of carbonyl (C=O) groups is 1. The molecule has 20 heavy (non-hydrogen) atoms. The van der Waals surface area contributed by atoms with Gasteiger partial charge in [0.2, 0.25) is 0 Å². The standard InChI is InChI=1S/C15H30N4O/c1-3-6-16-13(2)14-5-4-8-18(12-14)10-11-19-9-7-17-15(19)20/h13-14,16H,3-12H2,1-2H3,(H,17,20). The van der Waals surface area contributed by atoms with Crippen LogP contribution in [0.25, 0.3) is 0 Å². The fourth-order valence-electron chi connectivity index (χ4n) is 3.23. The number of urea groups is 1. The molecule has 2 amide bonds. The highest BCUT2D eigenvalue weighted by Gasteiger charge is 2.25. The highest BCUT2D eigenvalue weighted by atomic mass is 16.2. The van der Waals surface area contributed by atoms with E-state index in [9.17, 15) is 4.79 Å². The molecule has 0 aliphatic carbocycles. The molecular weight excluding hydrogens is 252 g/mol. The Morgan fingerprint density at radius 1 is 1.40 bits per heavy atom. The van der Waals surface area contributed by atoms with E-state index in [0.717, 1.165) is 38.6 Å². The summed E-state index contributed by atoms with van der Waals surface area (Å²) in [5, 5.41) is 6.49. The van der Waals surface area contributed by atoms with Gasteiger partial charge in [-0.05, 0) is 45.2 Å². The summed E-state index contributed by atoms with van der Waals surface area (Å²) in [6.45, 7) is 11.6. The summed E-state index contributed by atoms with van der Waals surface area (Å²) in [6.07, 6.45) is 3.82. The van der Waals surface area contributed by atoms with Gasteiger partial charge in [0, 0.05) is 38.8 Å². The van der Waals surface area contributed by atoms with E-state index in [-0.39, 0.29) is 6.03 Å². The van der Waals surface area contributed by atoms with E-state index in [4.69, 9.17) is 0 Å². The van der Waals surface area contributed by atoms with Crippen LogP contribution >= 0.6 is 0 Å². The lowest BCUT2D eigenvalue weighted by molar-refractivity contribution is 0.139. The van der Waals surface area contributed by atoms with Crippen LogP contribution in [0, 0.1) is 5.92 Å². The first-order chi connectivity index (χ1) is 9.70. The third kappa shape index (κ3) is 4.35. The van der Waals surface area contributed by atoms with E-state index in [1.54, 1.807) is 0 Å².